The van der Waals surface area contributed by atoms with Crippen LogP contribution in [-0.4, -0.2) is 76.5 Å². The summed E-state index contributed by atoms with van der Waals surface area (Å²) < 4.78 is 0. The SMILES string of the molecule is CC(C)NC(CC(=O)O)C(=O)NC(CC(=O)NCCC[Si](O)(O)O)C(=O)C(C)C. The van der Waals surface area contributed by atoms with E-state index in [0.29, 0.717) is 0 Å². The molecule has 0 bridgehead atoms. The minimum Gasteiger partial charge on any atom is -0.481 e. The van der Waals surface area contributed by atoms with Crippen LogP contribution in [0, 0.1) is 5.92 Å². The quantitative estimate of drug-likeness (QED) is 0.124. The number of carbonyl (C=O) groups excluding carboxylic acids is 3. The van der Waals surface area contributed by atoms with Crippen LogP contribution >= 0.6 is 0 Å². The van der Waals surface area contributed by atoms with Gasteiger partial charge in [-0.2, -0.15) is 0 Å². The van der Waals surface area contributed by atoms with E-state index < -0.39 is 51.0 Å². The van der Waals surface area contributed by atoms with Gasteiger partial charge in [0.05, 0.1) is 24.9 Å². The highest BCUT2D eigenvalue weighted by atomic mass is 28.4. The number of carboxylic acid groups (broad SMARTS) is 1. The average Bonchev–Trinajstić information content (AvgIpc) is 2.55. The summed E-state index contributed by atoms with van der Waals surface area (Å²) in [5, 5.41) is 16.8. The molecular formula is C17H33N3O8Si. The van der Waals surface area contributed by atoms with E-state index in [4.69, 9.17) is 19.5 Å². The van der Waals surface area contributed by atoms with Crippen molar-refractivity contribution in [3.63, 3.8) is 0 Å². The van der Waals surface area contributed by atoms with Crippen LogP contribution in [0.4, 0.5) is 0 Å². The Morgan fingerprint density at radius 2 is 1.52 bits per heavy atom. The van der Waals surface area contributed by atoms with Crippen molar-refractivity contribution >= 4 is 32.4 Å². The average molecular weight is 436 g/mol. The maximum absolute atomic E-state index is 12.5. The number of carboxylic acids is 1. The summed E-state index contributed by atoms with van der Waals surface area (Å²) in [6.07, 6.45) is -0.687. The van der Waals surface area contributed by atoms with Crippen LogP contribution < -0.4 is 16.0 Å². The molecule has 0 aliphatic rings. The summed E-state index contributed by atoms with van der Waals surface area (Å²) >= 11 is 0. The van der Waals surface area contributed by atoms with Gasteiger partial charge >= 0.3 is 14.8 Å². The van der Waals surface area contributed by atoms with Crippen molar-refractivity contribution in [1.29, 1.82) is 0 Å². The lowest BCUT2D eigenvalue weighted by atomic mass is 9.98. The van der Waals surface area contributed by atoms with Crippen LogP contribution in [0.25, 0.3) is 0 Å². The van der Waals surface area contributed by atoms with Crippen LogP contribution in [0.15, 0.2) is 0 Å². The summed E-state index contributed by atoms with van der Waals surface area (Å²) in [7, 11) is -4.17. The molecule has 0 aliphatic carbocycles. The summed E-state index contributed by atoms with van der Waals surface area (Å²) in [5.74, 6) is -3.26. The van der Waals surface area contributed by atoms with E-state index in [0.717, 1.165) is 0 Å². The highest BCUT2D eigenvalue weighted by Gasteiger charge is 2.30. The van der Waals surface area contributed by atoms with Gasteiger partial charge in [0.2, 0.25) is 11.8 Å². The second-order valence-corrected chi connectivity index (χ2v) is 9.57. The van der Waals surface area contributed by atoms with Crippen molar-refractivity contribution in [3.8, 4) is 0 Å². The van der Waals surface area contributed by atoms with Crippen molar-refractivity contribution in [1.82, 2.24) is 16.0 Å². The first-order chi connectivity index (χ1) is 13.2. The molecule has 0 saturated heterocycles. The predicted octanol–water partition coefficient (Wildman–Crippen LogP) is -1.65. The van der Waals surface area contributed by atoms with Crippen LogP contribution in [0.1, 0.15) is 47.0 Å². The fourth-order valence-corrected chi connectivity index (χ4v) is 3.16. The van der Waals surface area contributed by atoms with Crippen molar-refractivity contribution in [2.75, 3.05) is 6.54 Å². The van der Waals surface area contributed by atoms with Crippen LogP contribution in [-0.2, 0) is 19.2 Å². The molecule has 0 fully saturated rings. The van der Waals surface area contributed by atoms with Gasteiger partial charge in [0.1, 0.15) is 0 Å². The molecule has 0 heterocycles. The highest BCUT2D eigenvalue weighted by Crippen LogP contribution is 2.07. The van der Waals surface area contributed by atoms with E-state index in [-0.39, 0.29) is 37.3 Å². The molecule has 2 unspecified atom stereocenters. The number of ketones is 1. The number of nitrogens with one attached hydrogen (secondary N) is 3. The Labute approximate surface area is 171 Å². The summed E-state index contributed by atoms with van der Waals surface area (Å²) in [5.41, 5.74) is 0. The van der Waals surface area contributed by atoms with Gasteiger partial charge in [-0.05, 0) is 6.42 Å². The van der Waals surface area contributed by atoms with E-state index in [1.54, 1.807) is 27.7 Å². The molecule has 0 aromatic rings. The standard InChI is InChI=1S/C17H33N3O8Si/c1-10(2)16(24)12(8-14(21)18-6-5-7-29(26,27)28)20-17(25)13(9-15(22)23)19-11(3)4/h10-13,19,26-28H,5-9H2,1-4H3,(H,18,21)(H,20,25)(H,22,23). The van der Waals surface area contributed by atoms with Crippen molar-refractivity contribution in [2.24, 2.45) is 5.92 Å². The lowest BCUT2D eigenvalue weighted by Gasteiger charge is -2.24. The van der Waals surface area contributed by atoms with E-state index in [1.807, 2.05) is 0 Å². The van der Waals surface area contributed by atoms with Gasteiger partial charge in [-0.25, -0.2) is 0 Å². The van der Waals surface area contributed by atoms with Crippen molar-refractivity contribution in [2.45, 2.75) is 71.1 Å². The minimum atomic E-state index is -4.17. The zero-order chi connectivity index (χ0) is 22.8. The van der Waals surface area contributed by atoms with Gasteiger partial charge in [-0.15, -0.1) is 0 Å². The zero-order valence-corrected chi connectivity index (χ0v) is 18.3. The Bertz CT molecular complexity index is 578. The molecular weight excluding hydrogens is 402 g/mol. The number of hydrogen-bond donors (Lipinski definition) is 7. The molecule has 2 amide bonds. The second kappa shape index (κ2) is 12.6. The number of amides is 2. The molecule has 7 N–H and O–H groups in total. The van der Waals surface area contributed by atoms with Crippen LogP contribution in [0.5, 0.6) is 0 Å². The number of rotatable bonds is 14. The van der Waals surface area contributed by atoms with Gasteiger partial charge in [-0.3, -0.25) is 19.2 Å². The molecule has 0 saturated carbocycles. The number of Topliss-reactive ketones (excluding diaryl/α,β-unsaturated/α-hetero) is 1. The van der Waals surface area contributed by atoms with E-state index in [2.05, 4.69) is 16.0 Å². The van der Waals surface area contributed by atoms with E-state index in [9.17, 15) is 19.2 Å². The molecule has 0 aromatic carbocycles. The van der Waals surface area contributed by atoms with Crippen LogP contribution in [0.2, 0.25) is 6.04 Å². The molecule has 0 radical (unpaired) electrons. The topological polar surface area (TPSA) is 185 Å². The predicted molar refractivity (Wildman–Crippen MR) is 106 cm³/mol. The van der Waals surface area contributed by atoms with E-state index in [1.165, 1.54) is 0 Å². The molecule has 29 heavy (non-hydrogen) atoms. The molecule has 11 nitrogen and oxygen atoms in total. The maximum Gasteiger partial charge on any atom is 0.492 e. The zero-order valence-electron chi connectivity index (χ0n) is 17.3. The first kappa shape index (κ1) is 27.1. The first-order valence-electron chi connectivity index (χ1n) is 9.48. The van der Waals surface area contributed by atoms with Crippen LogP contribution in [0.3, 0.4) is 0 Å². The van der Waals surface area contributed by atoms with Crippen molar-refractivity contribution in [3.05, 3.63) is 0 Å². The molecule has 0 rings (SSSR count). The van der Waals surface area contributed by atoms with Gasteiger partial charge in [0.15, 0.2) is 5.78 Å². The normalized spacial score (nSPS) is 13.8. The second-order valence-electron chi connectivity index (χ2n) is 7.52. The highest BCUT2D eigenvalue weighted by molar-refractivity contribution is 6.56. The number of aliphatic carboxylic acids is 1. The smallest absolute Gasteiger partial charge is 0.481 e. The van der Waals surface area contributed by atoms with Gasteiger partial charge in [0.25, 0.3) is 0 Å². The monoisotopic (exact) mass is 435 g/mol. The summed E-state index contributed by atoms with van der Waals surface area (Å²) in [6.45, 7) is 6.79. The fourth-order valence-electron chi connectivity index (χ4n) is 2.51. The summed E-state index contributed by atoms with van der Waals surface area (Å²) in [6, 6.07) is -2.60. The molecule has 2 atom stereocenters. The Balaban J connectivity index is 4.99. The third-order valence-corrected chi connectivity index (χ3v) is 4.88. The Kier molecular flexibility index (Phi) is 11.8. The Morgan fingerprint density at radius 1 is 0.931 bits per heavy atom. The molecule has 12 heteroatoms. The largest absolute Gasteiger partial charge is 0.492 e. The van der Waals surface area contributed by atoms with Gasteiger partial charge < -0.3 is 35.4 Å². The lowest BCUT2D eigenvalue weighted by molar-refractivity contribution is -0.140. The Morgan fingerprint density at radius 3 is 1.97 bits per heavy atom. The van der Waals surface area contributed by atoms with Crippen molar-refractivity contribution < 1.29 is 38.7 Å². The van der Waals surface area contributed by atoms with Gasteiger partial charge in [-0.1, -0.05) is 27.7 Å². The number of carbonyl (C=O) groups is 4. The summed E-state index contributed by atoms with van der Waals surface area (Å²) in [4.78, 5) is 74.9. The third-order valence-electron chi connectivity index (χ3n) is 3.86. The minimum absolute atomic E-state index is 0.0579. The lowest BCUT2D eigenvalue weighted by Crippen LogP contribution is -2.54. The molecule has 0 spiro atoms. The van der Waals surface area contributed by atoms with Gasteiger partial charge in [0, 0.05) is 24.5 Å². The first-order valence-corrected chi connectivity index (χ1v) is 11.5. The van der Waals surface area contributed by atoms with E-state index >= 15 is 0 Å². The molecule has 0 aliphatic heterocycles. The third kappa shape index (κ3) is 13.1. The maximum atomic E-state index is 12.5. The molecule has 0 aromatic heterocycles. The Hall–Kier alpha value is -1.86. The fraction of sp³-hybridized carbons (Fsp3) is 0.765. The molecule has 168 valence electrons. The number of hydrogen-bond acceptors (Lipinski definition) is 8.